The topological polar surface area (TPSA) is 75.5 Å². The Morgan fingerprint density at radius 3 is 2.72 bits per heavy atom. The van der Waals surface area contributed by atoms with Crippen LogP contribution in [0.3, 0.4) is 0 Å². The number of nitro benzene ring substituents is 1. The average molecular weight is 359 g/mol. The van der Waals surface area contributed by atoms with Crippen LogP contribution in [0.4, 0.5) is 5.69 Å². The second-order valence-electron chi connectivity index (χ2n) is 6.34. The summed E-state index contributed by atoms with van der Waals surface area (Å²) in [5.74, 6) is -0.205. The number of fused-ring (bicyclic) bond motifs is 1. The molecule has 0 saturated heterocycles. The monoisotopic (exact) mass is 359 g/mol. The van der Waals surface area contributed by atoms with Crippen molar-refractivity contribution in [1.29, 1.82) is 0 Å². The number of thiophene rings is 1. The lowest BCUT2D eigenvalue weighted by Crippen LogP contribution is -2.44. The van der Waals surface area contributed by atoms with E-state index in [-0.39, 0.29) is 11.6 Å². The normalized spacial score (nSPS) is 20.1. The van der Waals surface area contributed by atoms with Crippen molar-refractivity contribution in [2.75, 3.05) is 13.1 Å². The van der Waals surface area contributed by atoms with E-state index in [9.17, 15) is 14.9 Å². The van der Waals surface area contributed by atoms with Gasteiger partial charge in [-0.25, -0.2) is 0 Å². The van der Waals surface area contributed by atoms with Crippen LogP contribution in [0.25, 0.3) is 0 Å². The van der Waals surface area contributed by atoms with Crippen molar-refractivity contribution >= 4 is 22.9 Å². The van der Waals surface area contributed by atoms with Crippen molar-refractivity contribution in [1.82, 2.24) is 10.2 Å². The van der Waals surface area contributed by atoms with Gasteiger partial charge in [0.2, 0.25) is 0 Å². The number of nitrogens with zero attached hydrogens (tertiary/aromatic N) is 2. The zero-order valence-corrected chi connectivity index (χ0v) is 15.1. The predicted octanol–water partition coefficient (Wildman–Crippen LogP) is 3.39. The van der Waals surface area contributed by atoms with Gasteiger partial charge in [-0.3, -0.25) is 19.8 Å². The highest BCUT2D eigenvalue weighted by molar-refractivity contribution is 7.10. The molecule has 3 rings (SSSR count). The first kappa shape index (κ1) is 17.6. The Hall–Kier alpha value is -2.25. The van der Waals surface area contributed by atoms with Crippen LogP contribution >= 0.6 is 11.3 Å². The maximum Gasteiger partial charge on any atom is 0.269 e. The zero-order chi connectivity index (χ0) is 18.0. The molecule has 0 spiro atoms. The molecule has 25 heavy (non-hydrogen) atoms. The second kappa shape index (κ2) is 7.33. The summed E-state index contributed by atoms with van der Waals surface area (Å²) in [5.41, 5.74) is 1.86. The first-order chi connectivity index (χ1) is 12.0. The van der Waals surface area contributed by atoms with Crippen LogP contribution in [-0.2, 0) is 6.42 Å². The molecular weight excluding hydrogens is 338 g/mol. The highest BCUT2D eigenvalue weighted by Gasteiger charge is 2.29. The van der Waals surface area contributed by atoms with Gasteiger partial charge in [-0.1, -0.05) is 0 Å². The third-order valence-electron chi connectivity index (χ3n) is 4.73. The maximum atomic E-state index is 12.2. The zero-order valence-electron chi connectivity index (χ0n) is 14.3. The minimum atomic E-state index is -0.473. The Balaban J connectivity index is 1.55. The van der Waals surface area contributed by atoms with Gasteiger partial charge in [0.1, 0.15) is 0 Å². The molecule has 2 heterocycles. The largest absolute Gasteiger partial charge is 0.351 e. The predicted molar refractivity (Wildman–Crippen MR) is 98.0 cm³/mol. The van der Waals surface area contributed by atoms with Gasteiger partial charge in [0.05, 0.1) is 4.92 Å². The van der Waals surface area contributed by atoms with Crippen LogP contribution in [0.2, 0.25) is 0 Å². The van der Waals surface area contributed by atoms with E-state index < -0.39 is 4.92 Å². The highest BCUT2D eigenvalue weighted by Crippen LogP contribution is 2.35. The van der Waals surface area contributed by atoms with Gasteiger partial charge in [0.25, 0.3) is 11.6 Å². The smallest absolute Gasteiger partial charge is 0.269 e. The molecule has 1 N–H and O–H groups in total. The summed E-state index contributed by atoms with van der Waals surface area (Å²) in [7, 11) is 0. The molecular formula is C18H21N3O3S. The van der Waals surface area contributed by atoms with Crippen LogP contribution in [0.1, 0.15) is 40.7 Å². The molecule has 1 aromatic carbocycles. The Kier molecular flexibility index (Phi) is 5.15. The molecule has 2 atom stereocenters. The minimum Gasteiger partial charge on any atom is -0.351 e. The lowest BCUT2D eigenvalue weighted by molar-refractivity contribution is -0.384. The standard InChI is InChI=1S/C18H21N3O3S/c1-12-11-15-7-10-25-17(15)13(2)20(12)9-8-19-18(22)14-3-5-16(6-4-14)21(23)24/h3-7,10,12-13H,8-9,11H2,1-2H3,(H,19,22)/t12-,13-/m0/s1. The lowest BCUT2D eigenvalue weighted by atomic mass is 9.97. The number of amides is 1. The number of benzene rings is 1. The number of non-ortho nitro benzene ring substituents is 1. The Morgan fingerprint density at radius 2 is 2.04 bits per heavy atom. The Labute approximate surface area is 150 Å². The van der Waals surface area contributed by atoms with E-state index >= 15 is 0 Å². The molecule has 7 heteroatoms. The van der Waals surface area contributed by atoms with E-state index in [1.54, 1.807) is 11.3 Å². The van der Waals surface area contributed by atoms with E-state index in [0.717, 1.165) is 13.0 Å². The molecule has 1 aliphatic rings. The van der Waals surface area contributed by atoms with Crippen LogP contribution in [-0.4, -0.2) is 34.9 Å². The van der Waals surface area contributed by atoms with Gasteiger partial charge < -0.3 is 5.32 Å². The first-order valence-electron chi connectivity index (χ1n) is 8.32. The summed E-state index contributed by atoms with van der Waals surface area (Å²) in [4.78, 5) is 26.2. The van der Waals surface area contributed by atoms with E-state index in [4.69, 9.17) is 0 Å². The highest BCUT2D eigenvalue weighted by atomic mass is 32.1. The summed E-state index contributed by atoms with van der Waals surface area (Å²) >= 11 is 1.80. The van der Waals surface area contributed by atoms with Gasteiger partial charge in [-0.05, 0) is 49.4 Å². The molecule has 1 amide bonds. The molecule has 6 nitrogen and oxygen atoms in total. The van der Waals surface area contributed by atoms with Crippen molar-refractivity contribution in [3.63, 3.8) is 0 Å². The van der Waals surface area contributed by atoms with Gasteiger partial charge in [0, 0.05) is 47.7 Å². The van der Waals surface area contributed by atoms with Crippen LogP contribution in [0, 0.1) is 10.1 Å². The van der Waals surface area contributed by atoms with Crippen molar-refractivity contribution < 1.29 is 9.72 Å². The molecule has 0 radical (unpaired) electrons. The third-order valence-corrected chi connectivity index (χ3v) is 5.86. The van der Waals surface area contributed by atoms with E-state index in [1.807, 2.05) is 0 Å². The van der Waals surface area contributed by atoms with Gasteiger partial charge in [0.15, 0.2) is 0 Å². The van der Waals surface area contributed by atoms with E-state index in [1.165, 1.54) is 34.7 Å². The lowest BCUT2D eigenvalue weighted by Gasteiger charge is -2.38. The van der Waals surface area contributed by atoms with Gasteiger partial charge in [-0.2, -0.15) is 0 Å². The summed E-state index contributed by atoms with van der Waals surface area (Å²) < 4.78 is 0. The van der Waals surface area contributed by atoms with Crippen molar-refractivity contribution in [3.05, 3.63) is 61.8 Å². The SMILES string of the molecule is C[C@H]1Cc2ccsc2[C@H](C)N1CCNC(=O)c1ccc([N+](=O)[O-])cc1. The fourth-order valence-electron chi connectivity index (χ4n) is 3.40. The first-order valence-corrected chi connectivity index (χ1v) is 9.20. The minimum absolute atomic E-state index is 0.0146. The molecule has 2 aromatic rings. The molecule has 0 fully saturated rings. The maximum absolute atomic E-state index is 12.2. The second-order valence-corrected chi connectivity index (χ2v) is 7.28. The summed E-state index contributed by atoms with van der Waals surface area (Å²) in [6.45, 7) is 5.75. The quantitative estimate of drug-likeness (QED) is 0.656. The van der Waals surface area contributed by atoms with Gasteiger partial charge >= 0.3 is 0 Å². The number of rotatable bonds is 5. The van der Waals surface area contributed by atoms with Crippen molar-refractivity contribution in [2.24, 2.45) is 0 Å². The molecule has 0 bridgehead atoms. The molecule has 0 aliphatic carbocycles. The average Bonchev–Trinajstić information content (AvgIpc) is 3.06. The number of carbonyl (C=O) groups excluding carboxylic acids is 1. The number of hydrogen-bond acceptors (Lipinski definition) is 5. The fourth-order valence-corrected chi connectivity index (χ4v) is 4.41. The molecule has 0 unspecified atom stereocenters. The van der Waals surface area contributed by atoms with Gasteiger partial charge in [-0.15, -0.1) is 11.3 Å². The van der Waals surface area contributed by atoms with Crippen LogP contribution in [0.5, 0.6) is 0 Å². The fraction of sp³-hybridized carbons (Fsp3) is 0.389. The molecule has 0 saturated carbocycles. The number of nitrogens with one attached hydrogen (secondary N) is 1. The van der Waals surface area contributed by atoms with Crippen LogP contribution in [0.15, 0.2) is 35.7 Å². The van der Waals surface area contributed by atoms with Crippen molar-refractivity contribution in [2.45, 2.75) is 32.4 Å². The number of carbonyl (C=O) groups is 1. The molecule has 1 aromatic heterocycles. The summed E-state index contributed by atoms with van der Waals surface area (Å²) in [6, 6.07) is 8.67. The van der Waals surface area contributed by atoms with Crippen LogP contribution < -0.4 is 5.32 Å². The molecule has 1 aliphatic heterocycles. The molecule has 132 valence electrons. The van der Waals surface area contributed by atoms with E-state index in [0.29, 0.717) is 24.2 Å². The van der Waals surface area contributed by atoms with E-state index in [2.05, 4.69) is 35.5 Å². The third kappa shape index (κ3) is 3.72. The Bertz CT molecular complexity index is 772. The Morgan fingerprint density at radius 1 is 1.32 bits per heavy atom. The van der Waals surface area contributed by atoms with Crippen molar-refractivity contribution in [3.8, 4) is 0 Å². The summed E-state index contributed by atoms with van der Waals surface area (Å²) in [5, 5.41) is 15.7. The number of hydrogen-bond donors (Lipinski definition) is 1. The summed E-state index contributed by atoms with van der Waals surface area (Å²) in [6.07, 6.45) is 1.04. The number of nitro groups is 1.